The molecule has 0 bridgehead atoms. The van der Waals surface area contributed by atoms with Crippen molar-refractivity contribution in [1.82, 2.24) is 4.90 Å². The van der Waals surface area contributed by atoms with Crippen molar-refractivity contribution in [2.75, 3.05) is 31.6 Å². The van der Waals surface area contributed by atoms with Gasteiger partial charge in [0.15, 0.2) is 0 Å². The molecule has 3 heteroatoms. The molecule has 2 nitrogen and oxygen atoms in total. The van der Waals surface area contributed by atoms with Crippen molar-refractivity contribution in [3.63, 3.8) is 0 Å². The maximum Gasteiger partial charge on any atom is 0.123 e. The Balaban J connectivity index is 1.75. The van der Waals surface area contributed by atoms with Crippen LogP contribution in [0.3, 0.4) is 0 Å². The minimum Gasteiger partial charge on any atom is -0.340 e. The number of likely N-dealkylation sites (tertiary alicyclic amines) is 1. The summed E-state index contributed by atoms with van der Waals surface area (Å²) in [5.74, 6) is -0.176. The number of halogens is 1. The Morgan fingerprint density at radius 1 is 0.955 bits per heavy atom. The molecular formula is C19H21FN2. The van der Waals surface area contributed by atoms with E-state index in [4.69, 9.17) is 0 Å². The maximum absolute atomic E-state index is 13.2. The number of hydrogen-bond acceptors (Lipinski definition) is 2. The first-order chi connectivity index (χ1) is 10.7. The quantitative estimate of drug-likeness (QED) is 0.786. The van der Waals surface area contributed by atoms with E-state index in [9.17, 15) is 4.39 Å². The largest absolute Gasteiger partial charge is 0.340 e. The molecule has 4 rings (SSSR count). The van der Waals surface area contributed by atoms with Gasteiger partial charge >= 0.3 is 0 Å². The normalized spacial score (nSPS) is 20.4. The van der Waals surface area contributed by atoms with Gasteiger partial charge in [-0.3, -0.25) is 0 Å². The topological polar surface area (TPSA) is 6.48 Å². The van der Waals surface area contributed by atoms with Crippen LogP contribution in [0.2, 0.25) is 0 Å². The molecule has 114 valence electrons. The van der Waals surface area contributed by atoms with Crippen molar-refractivity contribution < 1.29 is 4.39 Å². The van der Waals surface area contributed by atoms with Gasteiger partial charge in [0.1, 0.15) is 5.82 Å². The van der Waals surface area contributed by atoms with Gasteiger partial charge in [-0.05, 0) is 68.9 Å². The van der Waals surface area contributed by atoms with Gasteiger partial charge in [0.2, 0.25) is 0 Å². The first-order valence-corrected chi connectivity index (χ1v) is 7.99. The molecule has 0 atom stereocenters. The van der Waals surface area contributed by atoms with Crippen molar-refractivity contribution in [3.05, 3.63) is 59.9 Å². The summed E-state index contributed by atoms with van der Waals surface area (Å²) in [5, 5.41) is 0. The first-order valence-electron chi connectivity index (χ1n) is 7.99. The number of rotatable bonds is 1. The summed E-state index contributed by atoms with van der Waals surface area (Å²) < 4.78 is 13.2. The standard InChI is InChI=1S/C19H21FN2/c1-21-12-10-19(11-13-21)14-22(16-8-6-15(20)7-9-16)18-5-3-2-4-17(18)19/h2-9H,10-14H2,1H3. The van der Waals surface area contributed by atoms with Crippen LogP contribution in [-0.4, -0.2) is 31.6 Å². The minimum atomic E-state index is -0.176. The van der Waals surface area contributed by atoms with Crippen molar-refractivity contribution in [3.8, 4) is 0 Å². The fourth-order valence-corrected chi connectivity index (χ4v) is 3.96. The van der Waals surface area contributed by atoms with Gasteiger partial charge in [0.25, 0.3) is 0 Å². The van der Waals surface area contributed by atoms with E-state index in [0.29, 0.717) is 0 Å². The third-order valence-electron chi connectivity index (χ3n) is 5.31. The Morgan fingerprint density at radius 3 is 2.36 bits per heavy atom. The van der Waals surface area contributed by atoms with Crippen LogP contribution in [0, 0.1) is 5.82 Å². The lowest BCUT2D eigenvalue weighted by molar-refractivity contribution is 0.198. The summed E-state index contributed by atoms with van der Waals surface area (Å²) in [6, 6.07) is 15.6. The van der Waals surface area contributed by atoms with Gasteiger partial charge in [-0.25, -0.2) is 4.39 Å². The molecule has 0 saturated carbocycles. The van der Waals surface area contributed by atoms with Crippen LogP contribution in [0.4, 0.5) is 15.8 Å². The molecule has 2 aliphatic heterocycles. The maximum atomic E-state index is 13.2. The minimum absolute atomic E-state index is 0.176. The van der Waals surface area contributed by atoms with Crippen molar-refractivity contribution in [2.24, 2.45) is 0 Å². The number of anilines is 2. The smallest absolute Gasteiger partial charge is 0.123 e. The predicted molar refractivity (Wildman–Crippen MR) is 88.3 cm³/mol. The van der Waals surface area contributed by atoms with Gasteiger partial charge in [0.05, 0.1) is 0 Å². The number of para-hydroxylation sites is 1. The monoisotopic (exact) mass is 296 g/mol. The van der Waals surface area contributed by atoms with E-state index in [1.165, 1.54) is 24.1 Å². The number of fused-ring (bicyclic) bond motifs is 2. The summed E-state index contributed by atoms with van der Waals surface area (Å²) >= 11 is 0. The Hall–Kier alpha value is -1.87. The average molecular weight is 296 g/mol. The second-order valence-electron chi connectivity index (χ2n) is 6.66. The van der Waals surface area contributed by atoms with Gasteiger partial charge < -0.3 is 9.80 Å². The molecule has 0 radical (unpaired) electrons. The van der Waals surface area contributed by atoms with Gasteiger partial charge in [-0.15, -0.1) is 0 Å². The molecule has 2 aromatic rings. The van der Waals surface area contributed by atoms with Crippen LogP contribution < -0.4 is 4.90 Å². The van der Waals surface area contributed by atoms with Gasteiger partial charge in [-0.1, -0.05) is 18.2 Å². The lowest BCUT2D eigenvalue weighted by Crippen LogP contribution is -2.43. The van der Waals surface area contributed by atoms with Crippen LogP contribution in [0.25, 0.3) is 0 Å². The van der Waals surface area contributed by atoms with Crippen molar-refractivity contribution >= 4 is 11.4 Å². The molecule has 2 aliphatic rings. The zero-order chi connectivity index (χ0) is 15.2. The number of piperidine rings is 1. The van der Waals surface area contributed by atoms with Crippen LogP contribution in [0.15, 0.2) is 48.5 Å². The molecule has 0 unspecified atom stereocenters. The van der Waals surface area contributed by atoms with Crippen LogP contribution >= 0.6 is 0 Å². The van der Waals surface area contributed by atoms with Gasteiger partial charge in [-0.2, -0.15) is 0 Å². The predicted octanol–water partition coefficient (Wildman–Crippen LogP) is 3.94. The highest BCUT2D eigenvalue weighted by molar-refractivity contribution is 5.72. The highest BCUT2D eigenvalue weighted by Crippen LogP contribution is 2.49. The van der Waals surface area contributed by atoms with Gasteiger partial charge in [0, 0.05) is 23.3 Å². The van der Waals surface area contributed by atoms with Crippen LogP contribution in [0.1, 0.15) is 18.4 Å². The lowest BCUT2D eigenvalue weighted by Gasteiger charge is -2.38. The summed E-state index contributed by atoms with van der Waals surface area (Å²) in [6.45, 7) is 3.29. The van der Waals surface area contributed by atoms with E-state index in [1.54, 1.807) is 12.1 Å². The Bertz CT molecular complexity index is 672. The van der Waals surface area contributed by atoms with E-state index in [2.05, 4.69) is 41.1 Å². The number of nitrogens with zero attached hydrogens (tertiary/aromatic N) is 2. The number of hydrogen-bond donors (Lipinski definition) is 0. The van der Waals surface area contributed by atoms with E-state index in [0.717, 1.165) is 25.3 Å². The third kappa shape index (κ3) is 2.12. The second kappa shape index (κ2) is 5.10. The lowest BCUT2D eigenvalue weighted by atomic mass is 9.74. The Morgan fingerprint density at radius 2 is 1.64 bits per heavy atom. The molecule has 0 aliphatic carbocycles. The third-order valence-corrected chi connectivity index (χ3v) is 5.31. The van der Waals surface area contributed by atoms with E-state index in [1.807, 2.05) is 12.1 Å². The fourth-order valence-electron chi connectivity index (χ4n) is 3.96. The molecular weight excluding hydrogens is 275 g/mol. The van der Waals surface area contributed by atoms with Crippen LogP contribution in [0.5, 0.6) is 0 Å². The van der Waals surface area contributed by atoms with Crippen molar-refractivity contribution in [1.29, 1.82) is 0 Å². The Labute approximate surface area is 131 Å². The molecule has 1 saturated heterocycles. The van der Waals surface area contributed by atoms with E-state index < -0.39 is 0 Å². The summed E-state index contributed by atoms with van der Waals surface area (Å²) in [5.41, 5.74) is 4.09. The fraction of sp³-hybridized carbons (Fsp3) is 0.368. The zero-order valence-corrected chi connectivity index (χ0v) is 12.9. The molecule has 2 heterocycles. The highest BCUT2D eigenvalue weighted by atomic mass is 19.1. The van der Waals surface area contributed by atoms with E-state index in [-0.39, 0.29) is 11.2 Å². The molecule has 2 aromatic carbocycles. The highest BCUT2D eigenvalue weighted by Gasteiger charge is 2.44. The average Bonchev–Trinajstić information content (AvgIpc) is 2.87. The molecule has 0 amide bonds. The summed E-state index contributed by atoms with van der Waals surface area (Å²) in [7, 11) is 2.20. The first kappa shape index (κ1) is 13.8. The van der Waals surface area contributed by atoms with Crippen molar-refractivity contribution in [2.45, 2.75) is 18.3 Å². The Kier molecular flexibility index (Phi) is 3.19. The second-order valence-corrected chi connectivity index (χ2v) is 6.66. The number of benzene rings is 2. The summed E-state index contributed by atoms with van der Waals surface area (Å²) in [6.07, 6.45) is 2.39. The molecule has 0 aromatic heterocycles. The molecule has 0 N–H and O–H groups in total. The molecule has 22 heavy (non-hydrogen) atoms. The SMILES string of the molecule is CN1CCC2(CC1)CN(c1ccc(F)cc1)c1ccccc12. The molecule has 1 fully saturated rings. The van der Waals surface area contributed by atoms with Crippen LogP contribution in [-0.2, 0) is 5.41 Å². The zero-order valence-electron chi connectivity index (χ0n) is 12.9. The summed E-state index contributed by atoms with van der Waals surface area (Å²) in [4.78, 5) is 4.77. The van der Waals surface area contributed by atoms with E-state index >= 15 is 0 Å². The molecule has 1 spiro atoms.